The second kappa shape index (κ2) is 10.5. The van der Waals surface area contributed by atoms with E-state index in [0.717, 1.165) is 16.8 Å². The molecular weight excluding hydrogens is 474 g/mol. The normalized spacial score (nSPS) is 18.0. The third-order valence-electron chi connectivity index (χ3n) is 6.51. The lowest BCUT2D eigenvalue weighted by molar-refractivity contribution is 0.0396. The van der Waals surface area contributed by atoms with Gasteiger partial charge in [0.1, 0.15) is 24.5 Å². The van der Waals surface area contributed by atoms with Crippen molar-refractivity contribution in [3.63, 3.8) is 0 Å². The first kappa shape index (κ1) is 26.5. The van der Waals surface area contributed by atoms with E-state index < -0.39 is 11.1 Å². The molecule has 0 fully saturated rings. The Balaban J connectivity index is 1.60. The van der Waals surface area contributed by atoms with Crippen LogP contribution in [-0.2, 0) is 11.1 Å². The molecule has 0 aliphatic carbocycles. The number of rotatable bonds is 10. The maximum atomic E-state index is 13.0. The van der Waals surface area contributed by atoms with Crippen molar-refractivity contribution >= 4 is 5.78 Å². The molecule has 1 aromatic carbocycles. The molecule has 0 spiro atoms. The van der Waals surface area contributed by atoms with E-state index in [1.165, 1.54) is 7.11 Å². The highest BCUT2D eigenvalue weighted by Crippen LogP contribution is 2.43. The lowest BCUT2D eigenvalue weighted by atomic mass is 9.88. The number of carbonyl (C=O) groups excluding carboxylic acids is 1. The van der Waals surface area contributed by atoms with Crippen LogP contribution >= 0.6 is 0 Å². The summed E-state index contributed by atoms with van der Waals surface area (Å²) in [5.74, 6) is 1.25. The van der Waals surface area contributed by atoms with Gasteiger partial charge in [0.15, 0.2) is 23.0 Å². The molecule has 196 valence electrons. The standard InChI is InChI=1S/C28H33N3O6/c1-17-5-6-19(15-30-17)25-26-20(27(2,29)16-37-26)14-24(31-25)28(3,34)10-9-21(33)18-7-8-22(36-12-11-32)23(13-18)35-4/h5-8,13-15,32,34H,9-12,16,29H2,1-4H3. The van der Waals surface area contributed by atoms with Crippen molar-refractivity contribution < 1.29 is 29.2 Å². The summed E-state index contributed by atoms with van der Waals surface area (Å²) in [6.07, 6.45) is 1.93. The molecule has 0 radical (unpaired) electrons. The summed E-state index contributed by atoms with van der Waals surface area (Å²) < 4.78 is 16.7. The van der Waals surface area contributed by atoms with E-state index in [0.29, 0.717) is 40.8 Å². The minimum atomic E-state index is -1.41. The molecule has 2 unspecified atom stereocenters. The third-order valence-corrected chi connectivity index (χ3v) is 6.51. The molecule has 9 nitrogen and oxygen atoms in total. The predicted octanol–water partition coefficient (Wildman–Crippen LogP) is 3.27. The number of aromatic nitrogens is 2. The van der Waals surface area contributed by atoms with Crippen molar-refractivity contribution in [2.45, 2.75) is 44.8 Å². The number of benzene rings is 1. The zero-order chi connectivity index (χ0) is 26.8. The summed E-state index contributed by atoms with van der Waals surface area (Å²) >= 11 is 0. The van der Waals surface area contributed by atoms with Crippen molar-refractivity contribution in [3.8, 4) is 28.5 Å². The van der Waals surface area contributed by atoms with Crippen molar-refractivity contribution in [1.82, 2.24) is 9.97 Å². The van der Waals surface area contributed by atoms with Gasteiger partial charge in [0.25, 0.3) is 0 Å². The topological polar surface area (TPSA) is 137 Å². The Hall–Kier alpha value is -3.53. The van der Waals surface area contributed by atoms with Gasteiger partial charge in [-0.15, -0.1) is 0 Å². The summed E-state index contributed by atoms with van der Waals surface area (Å²) in [5.41, 5.74) is 8.11. The van der Waals surface area contributed by atoms with Crippen LogP contribution in [-0.4, -0.2) is 52.9 Å². The van der Waals surface area contributed by atoms with Crippen molar-refractivity contribution in [1.29, 1.82) is 0 Å². The van der Waals surface area contributed by atoms with Crippen molar-refractivity contribution in [2.24, 2.45) is 5.73 Å². The van der Waals surface area contributed by atoms with Gasteiger partial charge in [0.2, 0.25) is 0 Å². The number of aryl methyl sites for hydroxylation is 1. The Bertz CT molecular complexity index is 1290. The highest BCUT2D eigenvalue weighted by Gasteiger charge is 2.38. The summed E-state index contributed by atoms with van der Waals surface area (Å²) in [7, 11) is 1.48. The molecule has 0 bridgehead atoms. The molecule has 0 saturated heterocycles. The Labute approximate surface area is 216 Å². The number of aliphatic hydroxyl groups is 2. The van der Waals surface area contributed by atoms with Crippen LogP contribution in [0.25, 0.3) is 11.3 Å². The monoisotopic (exact) mass is 507 g/mol. The van der Waals surface area contributed by atoms with Gasteiger partial charge in [0, 0.05) is 35.0 Å². The minimum Gasteiger partial charge on any atom is -0.493 e. The lowest BCUT2D eigenvalue weighted by Crippen LogP contribution is -2.35. The van der Waals surface area contributed by atoms with Gasteiger partial charge < -0.3 is 30.2 Å². The van der Waals surface area contributed by atoms with E-state index in [1.54, 1.807) is 37.4 Å². The molecule has 2 aromatic heterocycles. The zero-order valence-corrected chi connectivity index (χ0v) is 21.6. The Morgan fingerprint density at radius 2 is 2.03 bits per heavy atom. The average Bonchev–Trinajstić information content (AvgIpc) is 3.20. The Kier molecular flexibility index (Phi) is 7.49. The number of ether oxygens (including phenoxy) is 3. The second-order valence-electron chi connectivity index (χ2n) is 9.76. The quantitative estimate of drug-likeness (QED) is 0.353. The number of carbonyl (C=O) groups is 1. The number of aliphatic hydroxyl groups excluding tert-OH is 1. The van der Waals surface area contributed by atoms with E-state index in [-0.39, 0.29) is 31.8 Å². The maximum Gasteiger partial charge on any atom is 0.163 e. The van der Waals surface area contributed by atoms with Gasteiger partial charge >= 0.3 is 0 Å². The number of nitrogens with two attached hydrogens (primary N) is 1. The highest BCUT2D eigenvalue weighted by molar-refractivity contribution is 5.96. The van der Waals surface area contributed by atoms with Crippen LogP contribution in [0, 0.1) is 6.92 Å². The smallest absolute Gasteiger partial charge is 0.163 e. The van der Waals surface area contributed by atoms with E-state index in [4.69, 9.17) is 30.0 Å². The van der Waals surface area contributed by atoms with Gasteiger partial charge in [-0.2, -0.15) is 0 Å². The number of hydrogen-bond donors (Lipinski definition) is 3. The number of methoxy groups -OCH3 is 1. The van der Waals surface area contributed by atoms with Crippen LogP contribution in [0.15, 0.2) is 42.6 Å². The van der Waals surface area contributed by atoms with E-state index in [1.807, 2.05) is 26.0 Å². The van der Waals surface area contributed by atoms with Crippen LogP contribution in [0.3, 0.4) is 0 Å². The van der Waals surface area contributed by atoms with Gasteiger partial charge in [-0.1, -0.05) is 0 Å². The average molecular weight is 508 g/mol. The second-order valence-corrected chi connectivity index (χ2v) is 9.76. The van der Waals surface area contributed by atoms with E-state index in [2.05, 4.69) is 4.98 Å². The van der Waals surface area contributed by atoms with Crippen LogP contribution in [0.1, 0.15) is 54.0 Å². The fraction of sp³-hybridized carbons (Fsp3) is 0.393. The summed E-state index contributed by atoms with van der Waals surface area (Å²) in [5, 5.41) is 20.4. The molecule has 9 heteroatoms. The Morgan fingerprint density at radius 3 is 2.70 bits per heavy atom. The van der Waals surface area contributed by atoms with Crippen LogP contribution in [0.2, 0.25) is 0 Å². The molecule has 4 N–H and O–H groups in total. The first-order valence-corrected chi connectivity index (χ1v) is 12.1. The SMILES string of the molecule is COc1cc(C(=O)CCC(C)(O)c2cc3c(c(-c4ccc(C)nc4)n2)OCC3(C)N)ccc1OCCO. The molecule has 0 amide bonds. The largest absolute Gasteiger partial charge is 0.493 e. The first-order valence-electron chi connectivity index (χ1n) is 12.1. The fourth-order valence-corrected chi connectivity index (χ4v) is 4.23. The first-order chi connectivity index (χ1) is 17.6. The third kappa shape index (κ3) is 5.58. The summed E-state index contributed by atoms with van der Waals surface area (Å²) in [6.45, 7) is 5.70. The molecule has 37 heavy (non-hydrogen) atoms. The van der Waals surface area contributed by atoms with Crippen LogP contribution in [0.4, 0.5) is 0 Å². The zero-order valence-electron chi connectivity index (χ0n) is 21.6. The molecule has 2 atom stereocenters. The van der Waals surface area contributed by atoms with Gasteiger partial charge in [-0.05, 0) is 63.6 Å². The van der Waals surface area contributed by atoms with E-state index in [9.17, 15) is 9.90 Å². The summed E-state index contributed by atoms with van der Waals surface area (Å²) in [4.78, 5) is 22.1. The number of ketones is 1. The van der Waals surface area contributed by atoms with Gasteiger partial charge in [-0.25, -0.2) is 4.98 Å². The minimum absolute atomic E-state index is 0.0730. The molecule has 1 aliphatic heterocycles. The fourth-order valence-electron chi connectivity index (χ4n) is 4.23. The summed E-state index contributed by atoms with van der Waals surface area (Å²) in [6, 6.07) is 10.4. The molecular formula is C28H33N3O6. The number of hydrogen-bond acceptors (Lipinski definition) is 9. The molecule has 3 heterocycles. The predicted molar refractivity (Wildman–Crippen MR) is 138 cm³/mol. The Morgan fingerprint density at radius 1 is 1.24 bits per heavy atom. The molecule has 0 saturated carbocycles. The van der Waals surface area contributed by atoms with Gasteiger partial charge in [0.05, 0.1) is 24.9 Å². The van der Waals surface area contributed by atoms with Crippen LogP contribution < -0.4 is 19.9 Å². The number of Topliss-reactive ketones (excluding diaryl/α,β-unsaturated/α-hetero) is 1. The van der Waals surface area contributed by atoms with Crippen molar-refractivity contribution in [3.05, 3.63) is 65.1 Å². The highest BCUT2D eigenvalue weighted by atomic mass is 16.5. The number of fused-ring (bicyclic) bond motifs is 1. The maximum absolute atomic E-state index is 13.0. The molecule has 1 aliphatic rings. The lowest BCUT2D eigenvalue weighted by Gasteiger charge is -2.25. The van der Waals surface area contributed by atoms with Crippen LogP contribution in [0.5, 0.6) is 17.2 Å². The van der Waals surface area contributed by atoms with E-state index >= 15 is 0 Å². The number of nitrogens with zero attached hydrogens (tertiary/aromatic N) is 2. The number of pyridine rings is 2. The molecule has 3 aromatic rings. The molecule has 4 rings (SSSR count). The van der Waals surface area contributed by atoms with Crippen molar-refractivity contribution in [2.75, 3.05) is 26.9 Å². The van der Waals surface area contributed by atoms with Gasteiger partial charge in [-0.3, -0.25) is 9.78 Å².